The first-order chi connectivity index (χ1) is 8.38. The summed E-state index contributed by atoms with van der Waals surface area (Å²) >= 11 is 0. The van der Waals surface area contributed by atoms with Gasteiger partial charge in [-0.15, -0.1) is 0 Å². The molecule has 2 aromatic rings. The second-order valence-corrected chi connectivity index (χ2v) is 4.36. The molecule has 0 saturated carbocycles. The summed E-state index contributed by atoms with van der Waals surface area (Å²) in [5.41, 5.74) is 2.49. The van der Waals surface area contributed by atoms with Gasteiger partial charge in [-0.3, -0.25) is 0 Å². The van der Waals surface area contributed by atoms with Crippen LogP contribution in [0.3, 0.4) is 0 Å². The van der Waals surface area contributed by atoms with E-state index in [0.29, 0.717) is 0 Å². The molecule has 0 unspecified atom stereocenters. The minimum atomic E-state index is -4.19. The molecule has 0 fully saturated rings. The van der Waals surface area contributed by atoms with E-state index in [9.17, 15) is 0 Å². The molecule has 3 N–H and O–H groups in total. The molecule has 1 aromatic carbocycles. The van der Waals surface area contributed by atoms with Crippen LogP contribution in [0.25, 0.3) is 11.3 Å². The van der Waals surface area contributed by atoms with Crippen LogP contribution in [-0.4, -0.2) is 14.0 Å². The zero-order valence-corrected chi connectivity index (χ0v) is 10.5. The molecule has 0 spiro atoms. The Bertz CT molecular complexity index is 479. The Morgan fingerprint density at radius 3 is 1.94 bits per heavy atom. The number of hydrogen-bond acceptors (Lipinski definition) is 4. The summed E-state index contributed by atoms with van der Waals surface area (Å²) in [6.07, 6.45) is 2.06. The first-order valence-electron chi connectivity index (χ1n) is 5.04. The van der Waals surface area contributed by atoms with E-state index >= 15 is 0 Å². The summed E-state index contributed by atoms with van der Waals surface area (Å²) in [6, 6.07) is 16.6. The molecule has 0 bridgehead atoms. The fourth-order valence-electron chi connectivity index (χ4n) is 1.43. The number of nitrogens with zero attached hydrogens (tertiary/aromatic N) is 1. The van der Waals surface area contributed by atoms with Crippen molar-refractivity contribution in [2.45, 2.75) is 0 Å². The molecule has 1 aromatic heterocycles. The maximum absolute atomic E-state index is 8.83. The van der Waals surface area contributed by atoms with E-state index in [2.05, 4.69) is 54.2 Å². The Labute approximate surface area is 107 Å². The second kappa shape index (κ2) is 6.44. The third-order valence-corrected chi connectivity index (χ3v) is 2.12. The van der Waals surface area contributed by atoms with Crippen molar-refractivity contribution in [3.63, 3.8) is 0 Å². The number of benzene rings is 1. The molecular weight excluding hydrogens is 258 g/mol. The van der Waals surface area contributed by atoms with E-state index in [0.717, 1.165) is 0 Å². The third-order valence-electron chi connectivity index (χ3n) is 2.12. The second-order valence-electron chi connectivity index (χ2n) is 3.50. The molecule has 0 saturated heterocycles. The fourth-order valence-corrected chi connectivity index (χ4v) is 1.43. The average Bonchev–Trinajstić information content (AvgIpc) is 2.29. The zero-order valence-electron chi connectivity index (χ0n) is 9.77. The van der Waals surface area contributed by atoms with Crippen molar-refractivity contribution in [2.24, 2.45) is 7.05 Å². The molecule has 0 atom stereocenters. The Kier molecular flexibility index (Phi) is 5.21. The molecule has 98 valence electrons. The predicted molar refractivity (Wildman–Crippen MR) is 59.7 cm³/mol. The molecule has 0 aliphatic carbocycles. The molecule has 0 aliphatic heterocycles. The molecule has 0 radical (unpaired) electrons. The number of aromatic nitrogens is 1. The summed E-state index contributed by atoms with van der Waals surface area (Å²) < 4.78 is 32.3. The Hall–Kier alpha value is -1.50. The molecule has 18 heavy (non-hydrogen) atoms. The summed E-state index contributed by atoms with van der Waals surface area (Å²) in [7, 11) is -2.14. The van der Waals surface area contributed by atoms with Gasteiger partial charge in [-0.25, -0.2) is 4.57 Å². The molecule has 1 heterocycles. The van der Waals surface area contributed by atoms with Gasteiger partial charge in [0.25, 0.3) is 0 Å². The van der Waals surface area contributed by atoms with Gasteiger partial charge in [-0.05, 0) is 18.2 Å². The van der Waals surface area contributed by atoms with E-state index < -0.39 is 10.2 Å². The van der Waals surface area contributed by atoms with Gasteiger partial charge in [-0.2, -0.15) is 0 Å². The number of halogens is 1. The van der Waals surface area contributed by atoms with Crippen molar-refractivity contribution >= 4 is 0 Å². The van der Waals surface area contributed by atoms with Gasteiger partial charge < -0.3 is 0 Å². The van der Waals surface area contributed by atoms with Crippen molar-refractivity contribution in [3.05, 3.63) is 54.7 Å². The van der Waals surface area contributed by atoms with Gasteiger partial charge in [0.05, 0.1) is 0 Å². The summed E-state index contributed by atoms with van der Waals surface area (Å²) in [4.78, 5) is 0. The van der Waals surface area contributed by atoms with Crippen LogP contribution in [0.1, 0.15) is 0 Å². The van der Waals surface area contributed by atoms with Crippen LogP contribution in [0.4, 0.5) is 0 Å². The average molecular weight is 273 g/mol. The molecule has 6 heteroatoms. The predicted octanol–water partition coefficient (Wildman–Crippen LogP) is -0.682. The first-order valence-corrected chi connectivity index (χ1v) is 6.36. The summed E-state index contributed by atoms with van der Waals surface area (Å²) in [5, 5.41) is 0. The van der Waals surface area contributed by atoms with Crippen molar-refractivity contribution in [3.8, 4) is 11.3 Å². The molecule has 0 aliphatic rings. The number of pyridine rings is 1. The van der Waals surface area contributed by atoms with Crippen molar-refractivity contribution in [1.29, 1.82) is 0 Å². The Morgan fingerprint density at radius 2 is 1.44 bits per heavy atom. The quantitative estimate of drug-likeness (QED) is 0.600. The Morgan fingerprint density at radius 1 is 0.944 bits per heavy atom. The standard InChI is InChI=1S/C12H12N.ClH3O4/c1-13-10-6-5-9-12(13)11-7-3-2-4-8-11;2-1(3,4)5/h2-10H,1H3;2-4H/q+1;. The summed E-state index contributed by atoms with van der Waals surface area (Å²) in [5.74, 6) is 0. The fraction of sp³-hybridized carbons (Fsp3) is 0.0833. The first kappa shape index (κ1) is 14.6. The van der Waals surface area contributed by atoms with Gasteiger partial charge in [0.15, 0.2) is 6.20 Å². The Balaban J connectivity index is 0.000000280. The maximum atomic E-state index is 8.83. The minimum absolute atomic E-state index is 1.24. The molecular formula is C12H15ClNO4+. The van der Waals surface area contributed by atoms with Crippen LogP contribution in [0.15, 0.2) is 54.7 Å². The van der Waals surface area contributed by atoms with Gasteiger partial charge >= 0.3 is 28.9 Å². The van der Waals surface area contributed by atoms with E-state index in [4.69, 9.17) is 18.6 Å². The monoisotopic (exact) mass is 272 g/mol. The number of aryl methyl sites for hydroxylation is 1. The van der Waals surface area contributed by atoms with Gasteiger partial charge in [0.2, 0.25) is 5.69 Å². The number of rotatable bonds is 1. The van der Waals surface area contributed by atoms with E-state index in [1.165, 1.54) is 11.3 Å². The van der Waals surface area contributed by atoms with Gasteiger partial charge in [0, 0.05) is 17.7 Å². The summed E-state index contributed by atoms with van der Waals surface area (Å²) in [6.45, 7) is 0. The van der Waals surface area contributed by atoms with Gasteiger partial charge in [-0.1, -0.05) is 18.2 Å². The number of hydrogen-bond donors (Lipinski definition) is 3. The van der Waals surface area contributed by atoms with Crippen LogP contribution in [0.5, 0.6) is 0 Å². The molecule has 5 nitrogen and oxygen atoms in total. The van der Waals surface area contributed by atoms with Crippen LogP contribution in [0, 0.1) is 10.2 Å². The van der Waals surface area contributed by atoms with Gasteiger partial charge in [0.1, 0.15) is 7.05 Å². The van der Waals surface area contributed by atoms with E-state index in [1.807, 2.05) is 12.1 Å². The van der Waals surface area contributed by atoms with Crippen molar-refractivity contribution < 1.29 is 33.4 Å². The van der Waals surface area contributed by atoms with E-state index in [-0.39, 0.29) is 0 Å². The van der Waals surface area contributed by atoms with Crippen molar-refractivity contribution in [2.75, 3.05) is 0 Å². The van der Waals surface area contributed by atoms with Crippen molar-refractivity contribution in [1.82, 2.24) is 0 Å². The molecule has 2 rings (SSSR count). The third kappa shape index (κ3) is 5.72. The SMILES string of the molecule is C[n+]1ccccc1-c1ccccc1.[O-][Cl+](O)(O)O. The van der Waals surface area contributed by atoms with E-state index in [1.54, 1.807) is 0 Å². The normalized spacial score (nSPS) is 11.4. The topological polar surface area (TPSA) is 87.6 Å². The van der Waals surface area contributed by atoms with Crippen LogP contribution in [0.2, 0.25) is 0 Å². The molecule has 0 amide bonds. The van der Waals surface area contributed by atoms with Crippen LogP contribution in [-0.2, 0) is 7.05 Å². The zero-order chi connectivity index (χ0) is 13.6. The van der Waals surface area contributed by atoms with Crippen LogP contribution >= 0.6 is 0 Å². The van der Waals surface area contributed by atoms with Crippen LogP contribution < -0.4 is 9.23 Å².